The van der Waals surface area contributed by atoms with Crippen LogP contribution in [0.1, 0.15) is 32.3 Å². The Bertz CT molecular complexity index is 309. The van der Waals surface area contributed by atoms with Crippen molar-refractivity contribution in [1.29, 1.82) is 0 Å². The molecule has 0 spiro atoms. The molecule has 1 aromatic rings. The maximum atomic E-state index is 6.22. The number of para-hydroxylation sites is 1. The predicted molar refractivity (Wildman–Crippen MR) is 70.4 cm³/mol. The van der Waals surface area contributed by atoms with Crippen molar-refractivity contribution >= 4 is 11.6 Å². The van der Waals surface area contributed by atoms with E-state index in [9.17, 15) is 0 Å². The molecule has 0 amide bonds. The minimum Gasteiger partial charge on any atom is -0.496 e. The lowest BCUT2D eigenvalue weighted by Gasteiger charge is -2.13. The zero-order valence-corrected chi connectivity index (χ0v) is 11.1. The van der Waals surface area contributed by atoms with Gasteiger partial charge >= 0.3 is 0 Å². The largest absolute Gasteiger partial charge is 0.496 e. The van der Waals surface area contributed by atoms with Crippen LogP contribution >= 0.6 is 11.6 Å². The maximum Gasteiger partial charge on any atom is 0.122 e. The molecule has 0 aliphatic rings. The molecule has 0 bridgehead atoms. The summed E-state index contributed by atoms with van der Waals surface area (Å²) >= 11 is 6.22. The van der Waals surface area contributed by atoms with Crippen LogP contribution in [-0.4, -0.2) is 12.5 Å². The van der Waals surface area contributed by atoms with Crippen LogP contribution in [0.2, 0.25) is 0 Å². The normalized spacial score (nSPS) is 12.8. The van der Waals surface area contributed by atoms with E-state index in [0.29, 0.717) is 5.92 Å². The standard InChI is InChI=1S/C14H21ClO/c1-11(2)13(15)9-6-8-12-7-4-5-10-14(12)16-3/h4-5,7,10-11,13H,6,8-9H2,1-3H3. The predicted octanol–water partition coefficient (Wildman–Crippen LogP) is 4.28. The highest BCUT2D eigenvalue weighted by molar-refractivity contribution is 6.20. The lowest BCUT2D eigenvalue weighted by molar-refractivity contribution is 0.408. The summed E-state index contributed by atoms with van der Waals surface area (Å²) in [5, 5.41) is 0.287. The molecule has 0 aliphatic carbocycles. The van der Waals surface area contributed by atoms with Gasteiger partial charge in [-0.05, 0) is 36.8 Å². The van der Waals surface area contributed by atoms with Gasteiger partial charge in [0.2, 0.25) is 0 Å². The number of hydrogen-bond donors (Lipinski definition) is 0. The van der Waals surface area contributed by atoms with E-state index in [1.165, 1.54) is 5.56 Å². The van der Waals surface area contributed by atoms with Crippen LogP contribution in [0, 0.1) is 5.92 Å². The second kappa shape index (κ2) is 6.80. The molecule has 0 aromatic heterocycles. The van der Waals surface area contributed by atoms with E-state index in [0.717, 1.165) is 25.0 Å². The van der Waals surface area contributed by atoms with Crippen LogP contribution in [-0.2, 0) is 6.42 Å². The van der Waals surface area contributed by atoms with E-state index in [2.05, 4.69) is 26.0 Å². The van der Waals surface area contributed by atoms with Crippen LogP contribution < -0.4 is 4.74 Å². The minimum absolute atomic E-state index is 0.287. The highest BCUT2D eigenvalue weighted by Gasteiger charge is 2.09. The van der Waals surface area contributed by atoms with Gasteiger partial charge in [0.15, 0.2) is 0 Å². The summed E-state index contributed by atoms with van der Waals surface area (Å²) < 4.78 is 5.32. The zero-order valence-electron chi connectivity index (χ0n) is 10.4. The molecule has 0 heterocycles. The molecule has 0 aliphatic heterocycles. The number of aryl methyl sites for hydroxylation is 1. The number of alkyl halides is 1. The van der Waals surface area contributed by atoms with E-state index in [-0.39, 0.29) is 5.38 Å². The van der Waals surface area contributed by atoms with Gasteiger partial charge in [0.1, 0.15) is 5.75 Å². The first-order valence-electron chi connectivity index (χ1n) is 5.91. The Kier molecular flexibility index (Phi) is 5.68. The third-order valence-electron chi connectivity index (χ3n) is 2.84. The summed E-state index contributed by atoms with van der Waals surface area (Å²) in [5.74, 6) is 1.54. The fourth-order valence-electron chi connectivity index (χ4n) is 1.73. The van der Waals surface area contributed by atoms with Crippen LogP contribution in [0.4, 0.5) is 0 Å². The number of methoxy groups -OCH3 is 1. The van der Waals surface area contributed by atoms with Crippen molar-refractivity contribution in [2.45, 2.75) is 38.5 Å². The molecule has 2 heteroatoms. The van der Waals surface area contributed by atoms with Crippen molar-refractivity contribution in [2.24, 2.45) is 5.92 Å². The first kappa shape index (κ1) is 13.4. The van der Waals surface area contributed by atoms with Crippen LogP contribution in [0.25, 0.3) is 0 Å². The first-order valence-corrected chi connectivity index (χ1v) is 6.34. The van der Waals surface area contributed by atoms with E-state index < -0.39 is 0 Å². The van der Waals surface area contributed by atoms with Crippen molar-refractivity contribution in [2.75, 3.05) is 7.11 Å². The Balaban J connectivity index is 2.42. The Morgan fingerprint density at radius 2 is 1.94 bits per heavy atom. The molecule has 0 radical (unpaired) electrons. The van der Waals surface area contributed by atoms with Crippen molar-refractivity contribution in [3.8, 4) is 5.75 Å². The Morgan fingerprint density at radius 3 is 2.56 bits per heavy atom. The SMILES string of the molecule is COc1ccccc1CCCC(Cl)C(C)C. The fraction of sp³-hybridized carbons (Fsp3) is 0.571. The van der Waals surface area contributed by atoms with Crippen molar-refractivity contribution in [3.05, 3.63) is 29.8 Å². The summed E-state index contributed by atoms with van der Waals surface area (Å²) in [4.78, 5) is 0. The van der Waals surface area contributed by atoms with Crippen molar-refractivity contribution < 1.29 is 4.74 Å². The van der Waals surface area contributed by atoms with Gasteiger partial charge in [-0.3, -0.25) is 0 Å². The average Bonchev–Trinajstić information content (AvgIpc) is 2.29. The first-order chi connectivity index (χ1) is 7.65. The molecular formula is C14H21ClO. The monoisotopic (exact) mass is 240 g/mol. The van der Waals surface area contributed by atoms with Crippen LogP contribution in [0.5, 0.6) is 5.75 Å². The lowest BCUT2D eigenvalue weighted by atomic mass is 10.0. The second-order valence-corrected chi connectivity index (χ2v) is 5.02. The second-order valence-electron chi connectivity index (χ2n) is 4.46. The molecule has 16 heavy (non-hydrogen) atoms. The average molecular weight is 241 g/mol. The highest BCUT2D eigenvalue weighted by atomic mass is 35.5. The van der Waals surface area contributed by atoms with E-state index in [1.807, 2.05) is 12.1 Å². The summed E-state index contributed by atoms with van der Waals surface area (Å²) in [6.45, 7) is 4.33. The van der Waals surface area contributed by atoms with Crippen LogP contribution in [0.3, 0.4) is 0 Å². The summed E-state index contributed by atoms with van der Waals surface area (Å²) in [5.41, 5.74) is 1.28. The fourth-order valence-corrected chi connectivity index (χ4v) is 1.88. The number of halogens is 1. The molecule has 1 atom stereocenters. The van der Waals surface area contributed by atoms with Crippen molar-refractivity contribution in [3.63, 3.8) is 0 Å². The molecule has 0 fully saturated rings. The molecule has 1 aromatic carbocycles. The van der Waals surface area contributed by atoms with Crippen LogP contribution in [0.15, 0.2) is 24.3 Å². The molecule has 0 N–H and O–H groups in total. The number of rotatable bonds is 6. The molecule has 90 valence electrons. The molecule has 1 nitrogen and oxygen atoms in total. The van der Waals surface area contributed by atoms with Gasteiger partial charge < -0.3 is 4.74 Å². The van der Waals surface area contributed by atoms with Gasteiger partial charge in [0.05, 0.1) is 7.11 Å². The van der Waals surface area contributed by atoms with Crippen molar-refractivity contribution in [1.82, 2.24) is 0 Å². The van der Waals surface area contributed by atoms with Gasteiger partial charge in [0.25, 0.3) is 0 Å². The summed E-state index contributed by atoms with van der Waals surface area (Å²) in [6.07, 6.45) is 3.23. The molecule has 1 unspecified atom stereocenters. The van der Waals surface area contributed by atoms with Gasteiger partial charge in [0, 0.05) is 5.38 Å². The van der Waals surface area contributed by atoms with Gasteiger partial charge in [-0.1, -0.05) is 32.0 Å². The molecule has 0 saturated carbocycles. The van der Waals surface area contributed by atoms with Gasteiger partial charge in [-0.2, -0.15) is 0 Å². The zero-order chi connectivity index (χ0) is 12.0. The number of hydrogen-bond acceptors (Lipinski definition) is 1. The number of benzene rings is 1. The third-order valence-corrected chi connectivity index (χ3v) is 3.56. The Morgan fingerprint density at radius 1 is 1.25 bits per heavy atom. The topological polar surface area (TPSA) is 9.23 Å². The maximum absolute atomic E-state index is 6.22. The summed E-state index contributed by atoms with van der Waals surface area (Å²) in [7, 11) is 1.72. The molecular weight excluding hydrogens is 220 g/mol. The third kappa shape index (κ3) is 4.05. The Hall–Kier alpha value is -0.690. The Labute approximate surface area is 104 Å². The van der Waals surface area contributed by atoms with E-state index in [1.54, 1.807) is 7.11 Å². The smallest absolute Gasteiger partial charge is 0.122 e. The number of ether oxygens (including phenoxy) is 1. The molecule has 1 rings (SSSR count). The van der Waals surface area contributed by atoms with Gasteiger partial charge in [-0.25, -0.2) is 0 Å². The summed E-state index contributed by atoms with van der Waals surface area (Å²) in [6, 6.07) is 8.19. The van der Waals surface area contributed by atoms with E-state index in [4.69, 9.17) is 16.3 Å². The quantitative estimate of drug-likeness (QED) is 0.675. The lowest BCUT2D eigenvalue weighted by Crippen LogP contribution is -2.07. The van der Waals surface area contributed by atoms with E-state index >= 15 is 0 Å². The van der Waals surface area contributed by atoms with Gasteiger partial charge in [-0.15, -0.1) is 11.6 Å². The molecule has 0 saturated heterocycles. The highest BCUT2D eigenvalue weighted by Crippen LogP contribution is 2.22. The minimum atomic E-state index is 0.287.